The van der Waals surface area contributed by atoms with Crippen LogP contribution < -0.4 is 0 Å². The van der Waals surface area contributed by atoms with Crippen molar-refractivity contribution in [2.75, 3.05) is 11.5 Å². The lowest BCUT2D eigenvalue weighted by Crippen LogP contribution is -2.47. The number of aliphatic hydroxyl groups is 1. The third-order valence-corrected chi connectivity index (χ3v) is 5.55. The maximum Gasteiger partial charge on any atom is 0.104 e. The molecule has 0 amide bonds. The predicted octanol–water partition coefficient (Wildman–Crippen LogP) is 4.34. The monoisotopic (exact) mass is 290 g/mol. The van der Waals surface area contributed by atoms with E-state index in [1.54, 1.807) is 23.9 Å². The second-order valence-electron chi connectivity index (χ2n) is 5.18. The minimum Gasteiger partial charge on any atom is -0.384 e. The van der Waals surface area contributed by atoms with Gasteiger partial charge in [0.15, 0.2) is 0 Å². The van der Waals surface area contributed by atoms with Gasteiger partial charge in [0.2, 0.25) is 0 Å². The molecule has 0 radical (unpaired) electrons. The number of thioether (sulfide) groups is 1. The average molecular weight is 291 g/mol. The molecule has 0 saturated carbocycles. The molecule has 1 aliphatic heterocycles. The summed E-state index contributed by atoms with van der Waals surface area (Å²) >= 11 is 13.7. The predicted molar refractivity (Wildman–Crippen MR) is 76.1 cm³/mol. The van der Waals surface area contributed by atoms with Gasteiger partial charge in [-0.2, -0.15) is 11.8 Å². The fourth-order valence-corrected chi connectivity index (χ4v) is 4.13. The van der Waals surface area contributed by atoms with E-state index in [0.717, 1.165) is 17.7 Å². The summed E-state index contributed by atoms with van der Waals surface area (Å²) in [6.45, 7) is 4.21. The van der Waals surface area contributed by atoms with Crippen LogP contribution in [0.1, 0.15) is 25.8 Å². The van der Waals surface area contributed by atoms with Gasteiger partial charge >= 0.3 is 0 Å². The van der Waals surface area contributed by atoms with Crippen molar-refractivity contribution in [2.45, 2.75) is 25.9 Å². The smallest absolute Gasteiger partial charge is 0.104 e. The molecule has 4 heteroatoms. The van der Waals surface area contributed by atoms with Gasteiger partial charge in [-0.1, -0.05) is 43.1 Å². The molecule has 1 fully saturated rings. The molecule has 1 aliphatic rings. The maximum absolute atomic E-state index is 11.0. The van der Waals surface area contributed by atoms with E-state index >= 15 is 0 Å². The molecule has 1 aromatic rings. The Bertz CT molecular complexity index is 433. The van der Waals surface area contributed by atoms with Crippen LogP contribution in [0.5, 0.6) is 0 Å². The van der Waals surface area contributed by atoms with E-state index in [0.29, 0.717) is 15.8 Å². The average Bonchev–Trinajstić information content (AvgIpc) is 2.26. The van der Waals surface area contributed by atoms with Gasteiger partial charge in [-0.3, -0.25) is 0 Å². The highest BCUT2D eigenvalue weighted by atomic mass is 35.5. The second-order valence-corrected chi connectivity index (χ2v) is 7.10. The Hall–Kier alpha value is 0.110. The Morgan fingerprint density at radius 1 is 1.24 bits per heavy atom. The molecule has 0 spiro atoms. The number of rotatable bonds is 1. The van der Waals surface area contributed by atoms with Crippen LogP contribution in [0.4, 0.5) is 0 Å². The third-order valence-electron chi connectivity index (χ3n) is 3.70. The lowest BCUT2D eigenvalue weighted by molar-refractivity contribution is -0.0578. The molecule has 1 heterocycles. The Morgan fingerprint density at radius 3 is 2.53 bits per heavy atom. The zero-order valence-corrected chi connectivity index (χ0v) is 12.3. The summed E-state index contributed by atoms with van der Waals surface area (Å²) in [5.41, 5.74) is -0.108. The van der Waals surface area contributed by atoms with Crippen LogP contribution >= 0.6 is 35.0 Å². The Balaban J connectivity index is 2.45. The van der Waals surface area contributed by atoms with Crippen molar-refractivity contribution in [2.24, 2.45) is 5.41 Å². The van der Waals surface area contributed by atoms with Crippen LogP contribution in [0.25, 0.3) is 0 Å². The second kappa shape index (κ2) is 4.65. The van der Waals surface area contributed by atoms with Gasteiger partial charge in [0.05, 0.1) is 10.0 Å². The summed E-state index contributed by atoms with van der Waals surface area (Å²) in [6, 6.07) is 5.42. The van der Waals surface area contributed by atoms with Crippen LogP contribution in [0.15, 0.2) is 18.2 Å². The molecule has 94 valence electrons. The molecule has 1 N–H and O–H groups in total. The standard InChI is InChI=1S/C13H16Cl2OS/c1-12(2)5-6-17-8-13(12,16)9-3-4-10(14)11(15)7-9/h3-4,7,16H,5-6,8H2,1-2H3. The normalized spacial score (nSPS) is 28.1. The van der Waals surface area contributed by atoms with Crippen molar-refractivity contribution >= 4 is 35.0 Å². The topological polar surface area (TPSA) is 20.2 Å². The van der Waals surface area contributed by atoms with E-state index in [1.807, 2.05) is 6.07 Å². The van der Waals surface area contributed by atoms with Gasteiger partial charge in [-0.25, -0.2) is 0 Å². The zero-order chi connectivity index (χ0) is 12.7. The van der Waals surface area contributed by atoms with E-state index in [1.165, 1.54) is 0 Å². The molecule has 1 nitrogen and oxygen atoms in total. The number of hydrogen-bond acceptors (Lipinski definition) is 2. The molecule has 0 aromatic heterocycles. The molecular formula is C13H16Cl2OS. The third kappa shape index (κ3) is 2.33. The number of hydrogen-bond donors (Lipinski definition) is 1. The first-order chi connectivity index (χ1) is 7.87. The molecule has 17 heavy (non-hydrogen) atoms. The lowest BCUT2D eigenvalue weighted by atomic mass is 9.70. The fourth-order valence-electron chi connectivity index (χ4n) is 2.18. The summed E-state index contributed by atoms with van der Waals surface area (Å²) in [4.78, 5) is 0. The van der Waals surface area contributed by atoms with Crippen molar-refractivity contribution in [3.8, 4) is 0 Å². The first kappa shape index (κ1) is 13.5. The quantitative estimate of drug-likeness (QED) is 0.830. The molecular weight excluding hydrogens is 275 g/mol. The first-order valence-electron chi connectivity index (χ1n) is 5.62. The Labute approximate surface area is 117 Å². The van der Waals surface area contributed by atoms with Crippen molar-refractivity contribution in [3.63, 3.8) is 0 Å². The minimum atomic E-state index is -0.829. The maximum atomic E-state index is 11.0. The van der Waals surface area contributed by atoms with Gasteiger partial charge < -0.3 is 5.11 Å². The van der Waals surface area contributed by atoms with Crippen molar-refractivity contribution in [3.05, 3.63) is 33.8 Å². The molecule has 1 unspecified atom stereocenters. The van der Waals surface area contributed by atoms with Crippen LogP contribution in [-0.4, -0.2) is 16.6 Å². The Morgan fingerprint density at radius 2 is 1.94 bits per heavy atom. The van der Waals surface area contributed by atoms with Gasteiger partial charge in [0, 0.05) is 5.75 Å². The molecule has 2 rings (SSSR count). The fraction of sp³-hybridized carbons (Fsp3) is 0.538. The largest absolute Gasteiger partial charge is 0.384 e. The van der Waals surface area contributed by atoms with E-state index in [9.17, 15) is 5.11 Å². The summed E-state index contributed by atoms with van der Waals surface area (Å²) < 4.78 is 0. The SMILES string of the molecule is CC1(C)CCSCC1(O)c1ccc(Cl)c(Cl)c1. The number of halogens is 2. The van der Waals surface area contributed by atoms with E-state index in [2.05, 4.69) is 13.8 Å². The highest BCUT2D eigenvalue weighted by molar-refractivity contribution is 7.99. The van der Waals surface area contributed by atoms with E-state index < -0.39 is 5.60 Å². The van der Waals surface area contributed by atoms with Gasteiger partial charge in [0.1, 0.15) is 5.60 Å². The van der Waals surface area contributed by atoms with Crippen molar-refractivity contribution in [1.82, 2.24) is 0 Å². The van der Waals surface area contributed by atoms with Crippen molar-refractivity contribution < 1.29 is 5.11 Å². The Kier molecular flexibility index (Phi) is 3.71. The van der Waals surface area contributed by atoms with E-state index in [-0.39, 0.29) is 5.41 Å². The van der Waals surface area contributed by atoms with Gasteiger partial charge in [-0.15, -0.1) is 0 Å². The lowest BCUT2D eigenvalue weighted by Gasteiger charge is -2.46. The van der Waals surface area contributed by atoms with Gasteiger partial charge in [-0.05, 0) is 35.3 Å². The summed E-state index contributed by atoms with van der Waals surface area (Å²) in [5.74, 6) is 1.80. The molecule has 1 atom stereocenters. The zero-order valence-electron chi connectivity index (χ0n) is 9.96. The summed E-state index contributed by atoms with van der Waals surface area (Å²) in [6.07, 6.45) is 0.994. The van der Waals surface area contributed by atoms with Crippen LogP contribution in [0, 0.1) is 5.41 Å². The van der Waals surface area contributed by atoms with Gasteiger partial charge in [0.25, 0.3) is 0 Å². The van der Waals surface area contributed by atoms with Crippen LogP contribution in [-0.2, 0) is 5.60 Å². The van der Waals surface area contributed by atoms with E-state index in [4.69, 9.17) is 23.2 Å². The highest BCUT2D eigenvalue weighted by Gasteiger charge is 2.46. The molecule has 0 aliphatic carbocycles. The first-order valence-corrected chi connectivity index (χ1v) is 7.53. The van der Waals surface area contributed by atoms with Crippen LogP contribution in [0.2, 0.25) is 10.0 Å². The number of benzene rings is 1. The highest BCUT2D eigenvalue weighted by Crippen LogP contribution is 2.49. The van der Waals surface area contributed by atoms with Crippen LogP contribution in [0.3, 0.4) is 0 Å². The molecule has 1 saturated heterocycles. The summed E-state index contributed by atoms with van der Waals surface area (Å²) in [7, 11) is 0. The minimum absolute atomic E-state index is 0.143. The van der Waals surface area contributed by atoms with Crippen molar-refractivity contribution in [1.29, 1.82) is 0 Å². The molecule has 1 aromatic carbocycles. The molecule has 0 bridgehead atoms. The summed E-state index contributed by atoms with van der Waals surface area (Å²) in [5, 5.41) is 12.0.